The molecular formula is C24H20N2O3. The van der Waals surface area contributed by atoms with Crippen LogP contribution in [0.25, 0.3) is 0 Å². The van der Waals surface area contributed by atoms with E-state index in [9.17, 15) is 9.59 Å². The predicted molar refractivity (Wildman–Crippen MR) is 109 cm³/mol. The molecule has 5 heteroatoms. The minimum atomic E-state index is -0.923. The monoisotopic (exact) mass is 384 g/mol. The van der Waals surface area contributed by atoms with Gasteiger partial charge < -0.3 is 10.1 Å². The highest BCUT2D eigenvalue weighted by atomic mass is 16.5. The van der Waals surface area contributed by atoms with Gasteiger partial charge in [-0.25, -0.2) is 4.79 Å². The fourth-order valence-corrected chi connectivity index (χ4v) is 3.22. The molecule has 3 aromatic carbocycles. The highest BCUT2D eigenvalue weighted by Crippen LogP contribution is 2.29. The largest absolute Gasteiger partial charge is 0.467 e. The van der Waals surface area contributed by atoms with Crippen molar-refractivity contribution in [3.8, 4) is 6.07 Å². The second-order valence-corrected chi connectivity index (χ2v) is 6.46. The van der Waals surface area contributed by atoms with Crippen LogP contribution >= 0.6 is 0 Å². The number of ether oxygens (including phenoxy) is 1. The van der Waals surface area contributed by atoms with Crippen LogP contribution in [-0.4, -0.2) is 25.0 Å². The number of benzene rings is 3. The highest BCUT2D eigenvalue weighted by Gasteiger charge is 2.33. The number of hydrogen-bond donors (Lipinski definition) is 1. The molecule has 0 heterocycles. The van der Waals surface area contributed by atoms with E-state index in [1.165, 1.54) is 7.11 Å². The van der Waals surface area contributed by atoms with Crippen molar-refractivity contribution in [1.82, 2.24) is 5.32 Å². The molecule has 5 nitrogen and oxygen atoms in total. The van der Waals surface area contributed by atoms with Crippen LogP contribution < -0.4 is 5.32 Å². The molecule has 1 amide bonds. The Labute approximate surface area is 169 Å². The number of methoxy groups -OCH3 is 1. The minimum absolute atomic E-state index is 0.359. The number of nitriles is 1. The molecular weight excluding hydrogens is 364 g/mol. The van der Waals surface area contributed by atoms with Crippen molar-refractivity contribution in [1.29, 1.82) is 5.26 Å². The van der Waals surface area contributed by atoms with Gasteiger partial charge in [-0.3, -0.25) is 4.79 Å². The molecule has 0 spiro atoms. The van der Waals surface area contributed by atoms with E-state index in [0.717, 1.165) is 11.1 Å². The topological polar surface area (TPSA) is 79.2 Å². The normalized spacial score (nSPS) is 11.3. The van der Waals surface area contributed by atoms with Crippen LogP contribution in [0.1, 0.15) is 33.0 Å². The zero-order valence-corrected chi connectivity index (χ0v) is 15.9. The lowest BCUT2D eigenvalue weighted by molar-refractivity contribution is -0.143. The summed E-state index contributed by atoms with van der Waals surface area (Å²) in [6.45, 7) is 0. The number of esters is 1. The third kappa shape index (κ3) is 4.69. The van der Waals surface area contributed by atoms with Crippen LogP contribution in [0.4, 0.5) is 0 Å². The number of amides is 1. The average Bonchev–Trinajstić information content (AvgIpc) is 2.79. The van der Waals surface area contributed by atoms with Gasteiger partial charge in [0.25, 0.3) is 5.91 Å². The third-order valence-corrected chi connectivity index (χ3v) is 4.67. The summed E-state index contributed by atoms with van der Waals surface area (Å²) >= 11 is 0. The minimum Gasteiger partial charge on any atom is -0.467 e. The van der Waals surface area contributed by atoms with Gasteiger partial charge in [-0.15, -0.1) is 0 Å². The van der Waals surface area contributed by atoms with Crippen LogP contribution in [0.5, 0.6) is 0 Å². The summed E-state index contributed by atoms with van der Waals surface area (Å²) in [5.74, 6) is -1.38. The fourth-order valence-electron chi connectivity index (χ4n) is 3.22. The number of carbonyl (C=O) groups is 2. The maximum absolute atomic E-state index is 12.8. The zero-order chi connectivity index (χ0) is 20.6. The van der Waals surface area contributed by atoms with Gasteiger partial charge in [0, 0.05) is 11.5 Å². The van der Waals surface area contributed by atoms with E-state index in [1.54, 1.807) is 24.3 Å². The van der Waals surface area contributed by atoms with Gasteiger partial charge >= 0.3 is 5.97 Å². The van der Waals surface area contributed by atoms with Crippen LogP contribution in [-0.2, 0) is 9.53 Å². The molecule has 0 saturated heterocycles. The molecule has 0 aromatic heterocycles. The van der Waals surface area contributed by atoms with Crippen LogP contribution in [0.15, 0.2) is 84.9 Å². The highest BCUT2D eigenvalue weighted by molar-refractivity contribution is 5.97. The summed E-state index contributed by atoms with van der Waals surface area (Å²) in [6, 6.07) is 26.4. The Morgan fingerprint density at radius 3 is 1.83 bits per heavy atom. The summed E-state index contributed by atoms with van der Waals surface area (Å²) in [5, 5.41) is 11.8. The quantitative estimate of drug-likeness (QED) is 0.658. The van der Waals surface area contributed by atoms with Gasteiger partial charge in [0.2, 0.25) is 0 Å². The molecule has 0 aliphatic heterocycles. The summed E-state index contributed by atoms with van der Waals surface area (Å²) in [5.41, 5.74) is 2.58. The Hall–Kier alpha value is -3.91. The standard InChI is InChI=1S/C24H20N2O3/c1-29-24(28)22(26-23(27)20-14-12-17(16-25)13-15-20)21(18-8-4-2-5-9-18)19-10-6-3-7-11-19/h2-15,21-22H,1H3,(H,26,27)/t22-/m1/s1. The Balaban J connectivity index is 1.99. The molecule has 1 N–H and O–H groups in total. The Kier molecular flexibility index (Phi) is 6.39. The summed E-state index contributed by atoms with van der Waals surface area (Å²) in [7, 11) is 1.30. The second kappa shape index (κ2) is 9.34. The molecule has 29 heavy (non-hydrogen) atoms. The molecule has 0 unspecified atom stereocenters. The van der Waals surface area contributed by atoms with Gasteiger partial charge in [-0.05, 0) is 35.4 Å². The zero-order valence-electron chi connectivity index (χ0n) is 15.9. The summed E-state index contributed by atoms with van der Waals surface area (Å²) in [4.78, 5) is 25.5. The lowest BCUT2D eigenvalue weighted by Gasteiger charge is -2.27. The molecule has 0 saturated carbocycles. The van der Waals surface area contributed by atoms with Crippen molar-refractivity contribution >= 4 is 11.9 Å². The molecule has 3 rings (SSSR count). The number of carbonyl (C=O) groups excluding carboxylic acids is 2. The van der Waals surface area contributed by atoms with E-state index in [-0.39, 0.29) is 0 Å². The summed E-state index contributed by atoms with van der Waals surface area (Å²) < 4.78 is 5.01. The molecule has 0 aliphatic rings. The third-order valence-electron chi connectivity index (χ3n) is 4.67. The SMILES string of the molecule is COC(=O)[C@H](NC(=O)c1ccc(C#N)cc1)C(c1ccccc1)c1ccccc1. The van der Waals surface area contributed by atoms with Crippen molar-refractivity contribution in [2.45, 2.75) is 12.0 Å². The Bertz CT molecular complexity index is 970. The van der Waals surface area contributed by atoms with E-state index in [1.807, 2.05) is 66.7 Å². The first-order valence-corrected chi connectivity index (χ1v) is 9.12. The maximum atomic E-state index is 12.8. The number of rotatable bonds is 6. The van der Waals surface area contributed by atoms with Gasteiger partial charge in [0.05, 0.1) is 18.7 Å². The van der Waals surface area contributed by atoms with Gasteiger partial charge in [0.15, 0.2) is 0 Å². The van der Waals surface area contributed by atoms with E-state index < -0.39 is 23.8 Å². The van der Waals surface area contributed by atoms with Crippen LogP contribution in [0.3, 0.4) is 0 Å². The molecule has 0 bridgehead atoms. The maximum Gasteiger partial charge on any atom is 0.329 e. The van der Waals surface area contributed by atoms with Crippen molar-refractivity contribution in [3.05, 3.63) is 107 Å². The smallest absolute Gasteiger partial charge is 0.329 e. The van der Waals surface area contributed by atoms with Crippen molar-refractivity contribution in [2.75, 3.05) is 7.11 Å². The average molecular weight is 384 g/mol. The van der Waals surface area contributed by atoms with Crippen LogP contribution in [0, 0.1) is 11.3 Å². The van der Waals surface area contributed by atoms with E-state index in [4.69, 9.17) is 10.00 Å². The first-order chi connectivity index (χ1) is 14.1. The van der Waals surface area contributed by atoms with Gasteiger partial charge in [0.1, 0.15) is 6.04 Å². The fraction of sp³-hybridized carbons (Fsp3) is 0.125. The van der Waals surface area contributed by atoms with E-state index >= 15 is 0 Å². The Morgan fingerprint density at radius 1 is 0.862 bits per heavy atom. The van der Waals surface area contributed by atoms with Gasteiger partial charge in [-0.1, -0.05) is 60.7 Å². The van der Waals surface area contributed by atoms with E-state index in [0.29, 0.717) is 11.1 Å². The molecule has 0 fully saturated rings. The number of nitrogens with zero attached hydrogens (tertiary/aromatic N) is 1. The lowest BCUT2D eigenvalue weighted by Crippen LogP contribution is -2.46. The van der Waals surface area contributed by atoms with Crippen LogP contribution in [0.2, 0.25) is 0 Å². The van der Waals surface area contributed by atoms with Gasteiger partial charge in [-0.2, -0.15) is 5.26 Å². The second-order valence-electron chi connectivity index (χ2n) is 6.46. The lowest BCUT2D eigenvalue weighted by atomic mass is 9.84. The first-order valence-electron chi connectivity index (χ1n) is 9.12. The van der Waals surface area contributed by atoms with E-state index in [2.05, 4.69) is 5.32 Å². The molecule has 0 aliphatic carbocycles. The van der Waals surface area contributed by atoms with Crippen molar-refractivity contribution < 1.29 is 14.3 Å². The number of hydrogen-bond acceptors (Lipinski definition) is 4. The van der Waals surface area contributed by atoms with Crippen molar-refractivity contribution in [3.63, 3.8) is 0 Å². The molecule has 1 atom stereocenters. The molecule has 0 radical (unpaired) electrons. The molecule has 3 aromatic rings. The first kappa shape index (κ1) is 19.8. The molecule has 144 valence electrons. The van der Waals surface area contributed by atoms with Crippen molar-refractivity contribution in [2.24, 2.45) is 0 Å². The Morgan fingerprint density at radius 2 is 1.38 bits per heavy atom. The summed E-state index contributed by atoms with van der Waals surface area (Å²) in [6.07, 6.45) is 0. The predicted octanol–water partition coefficient (Wildman–Crippen LogP) is 3.66. The number of nitrogens with one attached hydrogen (secondary N) is 1.